The first-order chi connectivity index (χ1) is 6.61. The highest BCUT2D eigenvalue weighted by molar-refractivity contribution is 9.10. The Morgan fingerprint density at radius 1 is 1.57 bits per heavy atom. The van der Waals surface area contributed by atoms with Crippen LogP contribution in [0.25, 0.3) is 10.9 Å². The summed E-state index contributed by atoms with van der Waals surface area (Å²) in [7, 11) is 0. The van der Waals surface area contributed by atoms with Crippen molar-refractivity contribution in [3.63, 3.8) is 0 Å². The Balaban J connectivity index is 3.07. The molecule has 72 valence electrons. The molecule has 1 aromatic carbocycles. The minimum atomic E-state index is -0.292. The third kappa shape index (κ3) is 1.29. The fraction of sp³-hybridized carbons (Fsp3) is 0. The summed E-state index contributed by atoms with van der Waals surface area (Å²) in [5.74, 6) is 0. The zero-order valence-corrected chi connectivity index (χ0v) is 9.19. The van der Waals surface area contributed by atoms with E-state index in [4.69, 9.17) is 17.3 Å². The van der Waals surface area contributed by atoms with E-state index >= 15 is 0 Å². The van der Waals surface area contributed by atoms with E-state index in [0.717, 1.165) is 0 Å². The van der Waals surface area contributed by atoms with Crippen molar-refractivity contribution in [1.29, 1.82) is 0 Å². The number of nitrogens with zero attached hydrogens (tertiary/aromatic N) is 1. The fourth-order valence-electron chi connectivity index (χ4n) is 1.17. The number of H-pyrrole nitrogens is 1. The van der Waals surface area contributed by atoms with Crippen LogP contribution < -0.4 is 11.3 Å². The molecule has 0 saturated carbocycles. The summed E-state index contributed by atoms with van der Waals surface area (Å²) in [5.41, 5.74) is 6.22. The second-order valence-corrected chi connectivity index (χ2v) is 3.94. The molecule has 0 aliphatic rings. The van der Waals surface area contributed by atoms with Gasteiger partial charge in [-0.15, -0.1) is 0 Å². The standard InChI is InChI=1S/C8H5BrClN3O/c9-3-1-4-5(6(10)7(3)11)8(14)13-2-12-4/h1-2H,11H2,(H,12,13,14). The molecule has 3 N–H and O–H groups in total. The van der Waals surface area contributed by atoms with Gasteiger partial charge in [0.15, 0.2) is 0 Å². The number of benzene rings is 1. The number of hydrogen-bond donors (Lipinski definition) is 2. The van der Waals surface area contributed by atoms with E-state index in [1.54, 1.807) is 6.07 Å². The second kappa shape index (κ2) is 3.25. The maximum absolute atomic E-state index is 11.4. The summed E-state index contributed by atoms with van der Waals surface area (Å²) in [6.45, 7) is 0. The number of aromatic nitrogens is 2. The van der Waals surface area contributed by atoms with Gasteiger partial charge in [0.1, 0.15) is 0 Å². The van der Waals surface area contributed by atoms with Crippen molar-refractivity contribution in [2.24, 2.45) is 0 Å². The van der Waals surface area contributed by atoms with Crippen LogP contribution in [0.1, 0.15) is 0 Å². The van der Waals surface area contributed by atoms with Gasteiger partial charge in [0, 0.05) is 4.47 Å². The third-order valence-electron chi connectivity index (χ3n) is 1.86. The van der Waals surface area contributed by atoms with Gasteiger partial charge in [0.05, 0.1) is 27.9 Å². The number of aromatic amines is 1. The molecular formula is C8H5BrClN3O. The Hall–Kier alpha value is -1.07. The van der Waals surface area contributed by atoms with Crippen molar-refractivity contribution >= 4 is 44.1 Å². The molecular weight excluding hydrogens is 269 g/mol. The van der Waals surface area contributed by atoms with Crippen LogP contribution in [0, 0.1) is 0 Å². The molecule has 6 heteroatoms. The van der Waals surface area contributed by atoms with Crippen LogP contribution in [-0.4, -0.2) is 9.97 Å². The van der Waals surface area contributed by atoms with Gasteiger partial charge in [-0.3, -0.25) is 4.79 Å². The summed E-state index contributed by atoms with van der Waals surface area (Å²) in [6.07, 6.45) is 1.32. The summed E-state index contributed by atoms with van der Waals surface area (Å²) in [5, 5.41) is 0.540. The van der Waals surface area contributed by atoms with Crippen molar-refractivity contribution in [2.45, 2.75) is 0 Å². The zero-order valence-electron chi connectivity index (χ0n) is 6.84. The predicted octanol–water partition coefficient (Wildman–Crippen LogP) is 1.92. The number of nitrogens with one attached hydrogen (secondary N) is 1. The van der Waals surface area contributed by atoms with Crippen molar-refractivity contribution < 1.29 is 0 Å². The number of anilines is 1. The minimum Gasteiger partial charge on any atom is -0.397 e. The quantitative estimate of drug-likeness (QED) is 0.721. The number of nitrogen functional groups attached to an aromatic ring is 1. The predicted molar refractivity (Wildman–Crippen MR) is 59.5 cm³/mol. The maximum Gasteiger partial charge on any atom is 0.260 e. The van der Waals surface area contributed by atoms with Crippen LogP contribution in [0.5, 0.6) is 0 Å². The Kier molecular flexibility index (Phi) is 2.20. The van der Waals surface area contributed by atoms with Crippen LogP contribution in [0.15, 0.2) is 21.7 Å². The van der Waals surface area contributed by atoms with Gasteiger partial charge < -0.3 is 10.7 Å². The van der Waals surface area contributed by atoms with Crippen LogP contribution in [0.2, 0.25) is 5.02 Å². The molecule has 1 heterocycles. The highest BCUT2D eigenvalue weighted by Gasteiger charge is 2.10. The van der Waals surface area contributed by atoms with Gasteiger partial charge in [-0.05, 0) is 22.0 Å². The van der Waals surface area contributed by atoms with Crippen LogP contribution in [-0.2, 0) is 0 Å². The highest BCUT2D eigenvalue weighted by atomic mass is 79.9. The van der Waals surface area contributed by atoms with Crippen LogP contribution in [0.4, 0.5) is 5.69 Å². The first-order valence-corrected chi connectivity index (χ1v) is 4.89. The maximum atomic E-state index is 11.4. The first kappa shape index (κ1) is 9.48. The molecule has 0 radical (unpaired) electrons. The fourth-order valence-corrected chi connectivity index (χ4v) is 1.99. The van der Waals surface area contributed by atoms with Crippen molar-refractivity contribution in [3.8, 4) is 0 Å². The number of hydrogen-bond acceptors (Lipinski definition) is 3. The molecule has 0 aliphatic carbocycles. The molecule has 0 amide bonds. The SMILES string of the molecule is Nc1c(Br)cc2nc[nH]c(=O)c2c1Cl. The van der Waals surface area contributed by atoms with Crippen molar-refractivity contribution in [2.75, 3.05) is 5.73 Å². The van der Waals surface area contributed by atoms with E-state index < -0.39 is 0 Å². The van der Waals surface area contributed by atoms with E-state index in [-0.39, 0.29) is 10.6 Å². The number of nitrogens with two attached hydrogens (primary N) is 1. The lowest BCUT2D eigenvalue weighted by Gasteiger charge is -2.04. The van der Waals surface area contributed by atoms with Gasteiger partial charge >= 0.3 is 0 Å². The van der Waals surface area contributed by atoms with Gasteiger partial charge in [0.2, 0.25) is 0 Å². The van der Waals surface area contributed by atoms with Gasteiger partial charge in [0.25, 0.3) is 5.56 Å². The summed E-state index contributed by atoms with van der Waals surface area (Å²) >= 11 is 9.15. The summed E-state index contributed by atoms with van der Waals surface area (Å²) < 4.78 is 0.633. The monoisotopic (exact) mass is 273 g/mol. The van der Waals surface area contributed by atoms with Crippen LogP contribution >= 0.6 is 27.5 Å². The topological polar surface area (TPSA) is 71.8 Å². The number of rotatable bonds is 0. The Morgan fingerprint density at radius 2 is 2.29 bits per heavy atom. The number of halogens is 2. The average Bonchev–Trinajstić information content (AvgIpc) is 2.14. The van der Waals surface area contributed by atoms with E-state index in [1.165, 1.54) is 6.33 Å². The molecule has 0 bridgehead atoms. The minimum absolute atomic E-state index is 0.226. The second-order valence-electron chi connectivity index (χ2n) is 2.71. The van der Waals surface area contributed by atoms with Crippen LogP contribution in [0.3, 0.4) is 0 Å². The molecule has 0 atom stereocenters. The highest BCUT2D eigenvalue weighted by Crippen LogP contribution is 2.32. The molecule has 1 aromatic heterocycles. The third-order valence-corrected chi connectivity index (χ3v) is 2.91. The Labute approximate surface area is 92.2 Å². The molecule has 0 fully saturated rings. The molecule has 0 unspecified atom stereocenters. The molecule has 0 spiro atoms. The molecule has 2 rings (SSSR count). The lowest BCUT2D eigenvalue weighted by molar-refractivity contribution is 1.17. The molecule has 4 nitrogen and oxygen atoms in total. The lowest BCUT2D eigenvalue weighted by Crippen LogP contribution is -2.08. The lowest BCUT2D eigenvalue weighted by atomic mass is 10.2. The van der Waals surface area contributed by atoms with Crippen molar-refractivity contribution in [3.05, 3.63) is 32.2 Å². The molecule has 0 saturated heterocycles. The summed E-state index contributed by atoms with van der Waals surface area (Å²) in [6, 6.07) is 1.66. The van der Waals surface area contributed by atoms with Gasteiger partial charge in [-0.2, -0.15) is 0 Å². The van der Waals surface area contributed by atoms with E-state index in [0.29, 0.717) is 21.1 Å². The Morgan fingerprint density at radius 3 is 3.00 bits per heavy atom. The molecule has 0 aliphatic heterocycles. The number of fused-ring (bicyclic) bond motifs is 1. The molecule has 2 aromatic rings. The summed E-state index contributed by atoms with van der Waals surface area (Å²) in [4.78, 5) is 17.8. The van der Waals surface area contributed by atoms with E-state index in [9.17, 15) is 4.79 Å². The largest absolute Gasteiger partial charge is 0.397 e. The normalized spacial score (nSPS) is 10.7. The zero-order chi connectivity index (χ0) is 10.3. The molecule has 14 heavy (non-hydrogen) atoms. The smallest absolute Gasteiger partial charge is 0.260 e. The first-order valence-electron chi connectivity index (χ1n) is 3.72. The Bertz CT molecular complexity index is 566. The average molecular weight is 275 g/mol. The van der Waals surface area contributed by atoms with E-state index in [2.05, 4.69) is 25.9 Å². The van der Waals surface area contributed by atoms with Gasteiger partial charge in [-0.1, -0.05) is 11.6 Å². The van der Waals surface area contributed by atoms with Gasteiger partial charge in [-0.25, -0.2) is 4.98 Å². The van der Waals surface area contributed by atoms with E-state index in [1.807, 2.05) is 0 Å². The van der Waals surface area contributed by atoms with Crippen molar-refractivity contribution in [1.82, 2.24) is 9.97 Å².